The maximum absolute atomic E-state index is 9.98. The van der Waals surface area contributed by atoms with Crippen molar-refractivity contribution in [2.45, 2.75) is 51.2 Å². The van der Waals surface area contributed by atoms with Crippen LogP contribution in [0.1, 0.15) is 50.9 Å². The molecule has 1 saturated carbocycles. The summed E-state index contributed by atoms with van der Waals surface area (Å²) in [7, 11) is 0. The van der Waals surface area contributed by atoms with E-state index in [4.69, 9.17) is 4.42 Å². The van der Waals surface area contributed by atoms with E-state index >= 15 is 0 Å². The van der Waals surface area contributed by atoms with E-state index in [1.807, 2.05) is 6.92 Å². The summed E-state index contributed by atoms with van der Waals surface area (Å²) in [5.41, 5.74) is 0. The highest BCUT2D eigenvalue weighted by Crippen LogP contribution is 2.17. The van der Waals surface area contributed by atoms with Crippen molar-refractivity contribution in [1.29, 1.82) is 0 Å². The van der Waals surface area contributed by atoms with E-state index < -0.39 is 6.10 Å². The van der Waals surface area contributed by atoms with Crippen LogP contribution in [0.5, 0.6) is 0 Å². The minimum atomic E-state index is -0.688. The molecule has 2 rings (SSSR count). The first-order chi connectivity index (χ1) is 9.79. The molecular formula is C15H25N3O2. The number of hydrogen-bond donors (Lipinski definition) is 3. The van der Waals surface area contributed by atoms with E-state index in [1.165, 1.54) is 32.1 Å². The van der Waals surface area contributed by atoms with Gasteiger partial charge in [0.2, 0.25) is 0 Å². The summed E-state index contributed by atoms with van der Waals surface area (Å²) < 4.78 is 5.18. The molecule has 0 spiro atoms. The molecule has 0 amide bonds. The summed E-state index contributed by atoms with van der Waals surface area (Å²) in [6.45, 7) is 3.16. The zero-order valence-corrected chi connectivity index (χ0v) is 12.1. The predicted molar refractivity (Wildman–Crippen MR) is 79.7 cm³/mol. The molecule has 1 fully saturated rings. The fraction of sp³-hybridized carbons (Fsp3) is 0.667. The molecule has 20 heavy (non-hydrogen) atoms. The van der Waals surface area contributed by atoms with Crippen LogP contribution >= 0.6 is 0 Å². The SMILES string of the molecule is CCNC(=NCC(O)c1ccco1)NC1CCCCC1. The number of rotatable bonds is 5. The number of hydrogen-bond acceptors (Lipinski definition) is 3. The zero-order chi connectivity index (χ0) is 14.2. The first-order valence-electron chi connectivity index (χ1n) is 7.56. The van der Waals surface area contributed by atoms with Crippen LogP contribution in [0.25, 0.3) is 0 Å². The monoisotopic (exact) mass is 279 g/mol. The van der Waals surface area contributed by atoms with Gasteiger partial charge in [0.25, 0.3) is 0 Å². The molecule has 5 heteroatoms. The molecule has 1 atom stereocenters. The molecule has 1 aliphatic carbocycles. The van der Waals surface area contributed by atoms with Crippen LogP contribution in [-0.4, -0.2) is 30.2 Å². The Bertz CT molecular complexity index is 397. The second-order valence-electron chi connectivity index (χ2n) is 5.23. The number of aliphatic hydroxyl groups is 1. The quantitative estimate of drug-likeness (QED) is 0.571. The van der Waals surface area contributed by atoms with Gasteiger partial charge in [0.05, 0.1) is 12.8 Å². The van der Waals surface area contributed by atoms with Crippen LogP contribution in [0.15, 0.2) is 27.8 Å². The first kappa shape index (κ1) is 14.9. The summed E-state index contributed by atoms with van der Waals surface area (Å²) in [5, 5.41) is 16.7. The van der Waals surface area contributed by atoms with E-state index in [2.05, 4.69) is 15.6 Å². The summed E-state index contributed by atoms with van der Waals surface area (Å²) in [6.07, 6.45) is 7.18. The molecule has 0 aliphatic heterocycles. The Kier molecular flexibility index (Phi) is 5.92. The molecule has 1 aliphatic rings. The third kappa shape index (κ3) is 4.56. The molecule has 1 heterocycles. The largest absolute Gasteiger partial charge is 0.467 e. The van der Waals surface area contributed by atoms with Gasteiger partial charge in [-0.15, -0.1) is 0 Å². The van der Waals surface area contributed by atoms with Crippen molar-refractivity contribution in [1.82, 2.24) is 10.6 Å². The smallest absolute Gasteiger partial charge is 0.191 e. The van der Waals surface area contributed by atoms with Gasteiger partial charge >= 0.3 is 0 Å². The van der Waals surface area contributed by atoms with Crippen LogP contribution in [0.2, 0.25) is 0 Å². The van der Waals surface area contributed by atoms with Crippen molar-refractivity contribution in [2.24, 2.45) is 4.99 Å². The molecule has 112 valence electrons. The standard InChI is InChI=1S/C15H25N3O2/c1-2-16-15(18-12-7-4-3-5-8-12)17-11-13(19)14-9-6-10-20-14/h6,9-10,12-13,19H,2-5,7-8,11H2,1H3,(H2,16,17,18). The van der Waals surface area contributed by atoms with Crippen molar-refractivity contribution in [2.75, 3.05) is 13.1 Å². The van der Waals surface area contributed by atoms with Gasteiger partial charge in [-0.25, -0.2) is 0 Å². The Hall–Kier alpha value is -1.49. The van der Waals surface area contributed by atoms with Crippen molar-refractivity contribution in [3.05, 3.63) is 24.2 Å². The Morgan fingerprint density at radius 1 is 1.45 bits per heavy atom. The lowest BCUT2D eigenvalue weighted by atomic mass is 9.96. The Morgan fingerprint density at radius 2 is 2.25 bits per heavy atom. The van der Waals surface area contributed by atoms with Crippen molar-refractivity contribution < 1.29 is 9.52 Å². The normalized spacial score (nSPS) is 18.8. The third-order valence-electron chi connectivity index (χ3n) is 3.58. The first-order valence-corrected chi connectivity index (χ1v) is 7.56. The van der Waals surface area contributed by atoms with Crippen LogP contribution in [0.4, 0.5) is 0 Å². The molecule has 1 aromatic rings. The van der Waals surface area contributed by atoms with Gasteiger partial charge in [-0.1, -0.05) is 19.3 Å². The Balaban J connectivity index is 1.87. The average Bonchev–Trinajstić information content (AvgIpc) is 3.00. The van der Waals surface area contributed by atoms with Gasteiger partial charge in [0.15, 0.2) is 5.96 Å². The van der Waals surface area contributed by atoms with Crippen LogP contribution < -0.4 is 10.6 Å². The molecule has 0 saturated heterocycles. The zero-order valence-electron chi connectivity index (χ0n) is 12.1. The van der Waals surface area contributed by atoms with Gasteiger partial charge in [0.1, 0.15) is 11.9 Å². The van der Waals surface area contributed by atoms with Gasteiger partial charge in [-0.05, 0) is 31.9 Å². The lowest BCUT2D eigenvalue weighted by Gasteiger charge is -2.25. The van der Waals surface area contributed by atoms with Crippen molar-refractivity contribution >= 4 is 5.96 Å². The molecule has 3 N–H and O–H groups in total. The maximum atomic E-state index is 9.98. The van der Waals surface area contributed by atoms with E-state index in [0.29, 0.717) is 18.3 Å². The highest BCUT2D eigenvalue weighted by atomic mass is 16.4. The number of nitrogens with one attached hydrogen (secondary N) is 2. The van der Waals surface area contributed by atoms with Crippen molar-refractivity contribution in [3.63, 3.8) is 0 Å². The second-order valence-corrected chi connectivity index (χ2v) is 5.23. The lowest BCUT2D eigenvalue weighted by Crippen LogP contribution is -2.44. The average molecular weight is 279 g/mol. The predicted octanol–water partition coefficient (Wildman–Crippen LogP) is 2.20. The number of aliphatic hydroxyl groups excluding tert-OH is 1. The van der Waals surface area contributed by atoms with Gasteiger partial charge in [-0.2, -0.15) is 0 Å². The molecule has 1 aromatic heterocycles. The number of furan rings is 1. The third-order valence-corrected chi connectivity index (χ3v) is 3.58. The van der Waals surface area contributed by atoms with Gasteiger partial charge < -0.3 is 20.2 Å². The lowest BCUT2D eigenvalue weighted by molar-refractivity contribution is 0.158. The number of guanidine groups is 1. The van der Waals surface area contributed by atoms with E-state index in [9.17, 15) is 5.11 Å². The fourth-order valence-electron chi connectivity index (χ4n) is 2.51. The molecule has 1 unspecified atom stereocenters. The number of aliphatic imine (C=N–C) groups is 1. The van der Waals surface area contributed by atoms with E-state index in [1.54, 1.807) is 18.4 Å². The summed E-state index contributed by atoms with van der Waals surface area (Å²) in [5.74, 6) is 1.34. The topological polar surface area (TPSA) is 69.8 Å². The fourth-order valence-corrected chi connectivity index (χ4v) is 2.51. The molecule has 0 bridgehead atoms. The molecule has 0 radical (unpaired) electrons. The Morgan fingerprint density at radius 3 is 2.90 bits per heavy atom. The van der Waals surface area contributed by atoms with Crippen LogP contribution in [-0.2, 0) is 0 Å². The van der Waals surface area contributed by atoms with Gasteiger partial charge in [-0.3, -0.25) is 4.99 Å². The molecular weight excluding hydrogens is 254 g/mol. The second kappa shape index (κ2) is 7.94. The van der Waals surface area contributed by atoms with Crippen LogP contribution in [0, 0.1) is 0 Å². The van der Waals surface area contributed by atoms with Crippen molar-refractivity contribution in [3.8, 4) is 0 Å². The van der Waals surface area contributed by atoms with Crippen LogP contribution in [0.3, 0.4) is 0 Å². The highest BCUT2D eigenvalue weighted by molar-refractivity contribution is 5.80. The summed E-state index contributed by atoms with van der Waals surface area (Å²) >= 11 is 0. The maximum Gasteiger partial charge on any atom is 0.191 e. The molecule has 5 nitrogen and oxygen atoms in total. The Labute approximate surface area is 120 Å². The minimum Gasteiger partial charge on any atom is -0.467 e. The van der Waals surface area contributed by atoms with E-state index in [-0.39, 0.29) is 0 Å². The summed E-state index contributed by atoms with van der Waals surface area (Å²) in [4.78, 5) is 4.45. The highest BCUT2D eigenvalue weighted by Gasteiger charge is 2.15. The number of nitrogens with zero attached hydrogens (tertiary/aromatic N) is 1. The minimum absolute atomic E-state index is 0.301. The summed E-state index contributed by atoms with van der Waals surface area (Å²) in [6, 6.07) is 4.04. The van der Waals surface area contributed by atoms with Gasteiger partial charge in [0, 0.05) is 12.6 Å². The molecule has 0 aromatic carbocycles. The van der Waals surface area contributed by atoms with E-state index in [0.717, 1.165) is 12.5 Å².